The number of hydrogen-bond acceptors (Lipinski definition) is 1. The molecule has 0 spiro atoms. The Hall–Kier alpha value is -0.600. The molecule has 0 fully saturated rings. The minimum Gasteiger partial charge on any atom is -0.310 e. The van der Waals surface area contributed by atoms with Crippen molar-refractivity contribution in [3.05, 3.63) is 47.0 Å². The Labute approximate surface area is 113 Å². The topological polar surface area (TPSA) is 12.0 Å². The number of benzene rings is 1. The van der Waals surface area contributed by atoms with Gasteiger partial charge in [0, 0.05) is 17.1 Å². The second kappa shape index (κ2) is 6.36. The minimum atomic E-state index is 0.196. The van der Waals surface area contributed by atoms with Crippen molar-refractivity contribution in [3.63, 3.8) is 0 Å². The molecule has 94 valence electrons. The van der Waals surface area contributed by atoms with Crippen LogP contribution >= 0.6 is 15.9 Å². The Bertz CT molecular complexity index is 356. The number of halogens is 1. The van der Waals surface area contributed by atoms with Gasteiger partial charge in [0.2, 0.25) is 0 Å². The third-order valence-corrected chi connectivity index (χ3v) is 3.29. The first-order valence-corrected chi connectivity index (χ1v) is 6.83. The zero-order chi connectivity index (χ0) is 12.9. The van der Waals surface area contributed by atoms with E-state index in [2.05, 4.69) is 78.9 Å². The molecule has 0 aromatic heterocycles. The van der Waals surface area contributed by atoms with E-state index in [1.807, 2.05) is 0 Å². The van der Waals surface area contributed by atoms with Crippen LogP contribution in [0.1, 0.15) is 32.8 Å². The SMILES string of the molecule is C=C(Br)CNC(C)CC(C)(C)c1ccccc1. The maximum Gasteiger partial charge on any atom is 0.0268 e. The highest BCUT2D eigenvalue weighted by atomic mass is 79.9. The van der Waals surface area contributed by atoms with Gasteiger partial charge in [0.15, 0.2) is 0 Å². The molecule has 0 saturated carbocycles. The Morgan fingerprint density at radius 2 is 1.94 bits per heavy atom. The van der Waals surface area contributed by atoms with E-state index in [1.54, 1.807) is 0 Å². The van der Waals surface area contributed by atoms with Crippen LogP contribution in [0, 0.1) is 0 Å². The summed E-state index contributed by atoms with van der Waals surface area (Å²) >= 11 is 3.37. The first-order valence-electron chi connectivity index (χ1n) is 6.04. The molecule has 0 bridgehead atoms. The zero-order valence-corrected chi connectivity index (χ0v) is 12.5. The van der Waals surface area contributed by atoms with Crippen LogP contribution in [0.2, 0.25) is 0 Å². The largest absolute Gasteiger partial charge is 0.310 e. The highest BCUT2D eigenvalue weighted by Gasteiger charge is 2.22. The molecule has 1 aromatic carbocycles. The molecule has 1 unspecified atom stereocenters. The summed E-state index contributed by atoms with van der Waals surface area (Å²) in [6.07, 6.45) is 1.11. The van der Waals surface area contributed by atoms with Crippen LogP contribution in [0.3, 0.4) is 0 Å². The summed E-state index contributed by atoms with van der Waals surface area (Å²) in [7, 11) is 0. The molecule has 0 aliphatic carbocycles. The first-order chi connectivity index (χ1) is 7.92. The van der Waals surface area contributed by atoms with E-state index in [0.717, 1.165) is 17.4 Å². The third kappa shape index (κ3) is 5.05. The normalized spacial score (nSPS) is 13.4. The Kier molecular flexibility index (Phi) is 5.41. The van der Waals surface area contributed by atoms with Gasteiger partial charge < -0.3 is 5.32 Å². The van der Waals surface area contributed by atoms with Crippen LogP contribution in [0.5, 0.6) is 0 Å². The predicted octanol–water partition coefficient (Wildman–Crippen LogP) is 4.24. The van der Waals surface area contributed by atoms with Crippen molar-refractivity contribution in [1.29, 1.82) is 0 Å². The summed E-state index contributed by atoms with van der Waals surface area (Å²) in [5.74, 6) is 0. The van der Waals surface area contributed by atoms with Gasteiger partial charge in [-0.1, -0.05) is 66.7 Å². The maximum atomic E-state index is 3.84. The quantitative estimate of drug-likeness (QED) is 0.828. The van der Waals surface area contributed by atoms with Gasteiger partial charge in [-0.05, 0) is 24.3 Å². The molecule has 0 aliphatic heterocycles. The molecule has 0 heterocycles. The number of rotatable bonds is 6. The van der Waals surface area contributed by atoms with Gasteiger partial charge >= 0.3 is 0 Å². The summed E-state index contributed by atoms with van der Waals surface area (Å²) in [4.78, 5) is 0. The Morgan fingerprint density at radius 1 is 1.35 bits per heavy atom. The molecule has 1 atom stereocenters. The van der Waals surface area contributed by atoms with E-state index in [4.69, 9.17) is 0 Å². The van der Waals surface area contributed by atoms with Gasteiger partial charge in [0.25, 0.3) is 0 Å². The van der Waals surface area contributed by atoms with Gasteiger partial charge in [-0.3, -0.25) is 0 Å². The van der Waals surface area contributed by atoms with Crippen LogP contribution < -0.4 is 5.32 Å². The maximum absolute atomic E-state index is 3.84. The molecule has 0 saturated heterocycles. The van der Waals surface area contributed by atoms with E-state index in [9.17, 15) is 0 Å². The van der Waals surface area contributed by atoms with Crippen molar-refractivity contribution in [2.75, 3.05) is 6.54 Å². The van der Waals surface area contributed by atoms with Gasteiger partial charge in [-0.2, -0.15) is 0 Å². The fourth-order valence-corrected chi connectivity index (χ4v) is 2.29. The molecule has 2 heteroatoms. The molecule has 1 N–H and O–H groups in total. The molecular formula is C15H22BrN. The second-order valence-corrected chi connectivity index (χ2v) is 6.37. The van der Waals surface area contributed by atoms with Crippen molar-refractivity contribution in [2.45, 2.75) is 38.6 Å². The van der Waals surface area contributed by atoms with E-state index in [-0.39, 0.29) is 5.41 Å². The second-order valence-electron chi connectivity index (χ2n) is 5.25. The van der Waals surface area contributed by atoms with E-state index in [1.165, 1.54) is 5.56 Å². The van der Waals surface area contributed by atoms with Crippen molar-refractivity contribution in [1.82, 2.24) is 5.32 Å². The summed E-state index contributed by atoms with van der Waals surface area (Å²) < 4.78 is 1.00. The van der Waals surface area contributed by atoms with Gasteiger partial charge in [-0.15, -0.1) is 0 Å². The van der Waals surface area contributed by atoms with E-state index in [0.29, 0.717) is 6.04 Å². The molecule has 1 aromatic rings. The lowest BCUT2D eigenvalue weighted by Crippen LogP contribution is -2.33. The molecule has 0 amide bonds. The number of hydrogen-bond donors (Lipinski definition) is 1. The van der Waals surface area contributed by atoms with Crippen LogP contribution in [0.15, 0.2) is 41.4 Å². The van der Waals surface area contributed by atoms with Crippen LogP contribution in [0.25, 0.3) is 0 Å². The Balaban J connectivity index is 2.57. The summed E-state index contributed by atoms with van der Waals surface area (Å²) in [5.41, 5.74) is 1.59. The van der Waals surface area contributed by atoms with Gasteiger partial charge in [0.05, 0.1) is 0 Å². The number of nitrogens with one attached hydrogen (secondary N) is 1. The van der Waals surface area contributed by atoms with Crippen molar-refractivity contribution in [3.8, 4) is 0 Å². The molecule has 1 rings (SSSR count). The summed E-state index contributed by atoms with van der Waals surface area (Å²) in [5, 5.41) is 3.46. The Morgan fingerprint density at radius 3 is 2.47 bits per heavy atom. The average Bonchev–Trinajstić information content (AvgIpc) is 2.27. The summed E-state index contributed by atoms with van der Waals surface area (Å²) in [6.45, 7) is 11.5. The first kappa shape index (κ1) is 14.5. The monoisotopic (exact) mass is 295 g/mol. The van der Waals surface area contributed by atoms with Crippen molar-refractivity contribution < 1.29 is 0 Å². The molecule has 0 radical (unpaired) electrons. The lowest BCUT2D eigenvalue weighted by atomic mass is 9.79. The minimum absolute atomic E-state index is 0.196. The van der Waals surface area contributed by atoms with Gasteiger partial charge in [-0.25, -0.2) is 0 Å². The highest BCUT2D eigenvalue weighted by Crippen LogP contribution is 2.28. The van der Waals surface area contributed by atoms with E-state index >= 15 is 0 Å². The van der Waals surface area contributed by atoms with Crippen LogP contribution in [-0.2, 0) is 5.41 Å². The van der Waals surface area contributed by atoms with Gasteiger partial charge in [0.1, 0.15) is 0 Å². The fraction of sp³-hybridized carbons (Fsp3) is 0.467. The highest BCUT2D eigenvalue weighted by molar-refractivity contribution is 9.11. The fourth-order valence-electron chi connectivity index (χ4n) is 2.13. The van der Waals surface area contributed by atoms with Crippen molar-refractivity contribution >= 4 is 15.9 Å². The smallest absolute Gasteiger partial charge is 0.0268 e. The molecule has 1 nitrogen and oxygen atoms in total. The molecule has 0 aliphatic rings. The van der Waals surface area contributed by atoms with Crippen molar-refractivity contribution in [2.24, 2.45) is 0 Å². The predicted molar refractivity (Wildman–Crippen MR) is 79.6 cm³/mol. The molecule has 17 heavy (non-hydrogen) atoms. The zero-order valence-electron chi connectivity index (χ0n) is 11.0. The lowest BCUT2D eigenvalue weighted by molar-refractivity contribution is 0.398. The average molecular weight is 296 g/mol. The van der Waals surface area contributed by atoms with Crippen LogP contribution in [0.4, 0.5) is 0 Å². The third-order valence-electron chi connectivity index (χ3n) is 3.01. The standard InChI is InChI=1S/C15H22BrN/c1-12(16)11-17-13(2)10-15(3,4)14-8-6-5-7-9-14/h5-9,13,17H,1,10-11H2,2-4H3. The summed E-state index contributed by atoms with van der Waals surface area (Å²) in [6, 6.07) is 11.2. The van der Waals surface area contributed by atoms with E-state index < -0.39 is 0 Å². The molecular weight excluding hydrogens is 274 g/mol. The lowest BCUT2D eigenvalue weighted by Gasteiger charge is -2.29. The van der Waals surface area contributed by atoms with Crippen LogP contribution in [-0.4, -0.2) is 12.6 Å².